The molecule has 0 radical (unpaired) electrons. The summed E-state index contributed by atoms with van der Waals surface area (Å²) in [7, 11) is 0. The van der Waals surface area contributed by atoms with Crippen molar-refractivity contribution in [1.82, 2.24) is 9.59 Å². The smallest absolute Gasteiger partial charge is 0.127 e. The van der Waals surface area contributed by atoms with Crippen molar-refractivity contribution in [3.05, 3.63) is 31.9 Å². The standard InChI is InChI=1S/C10H11ClN2OS2/c1-5(2)7-10(16-13-12-7)8(14)9-6(11)3-4-15-9/h3-5,8,14H,1-2H3. The van der Waals surface area contributed by atoms with Crippen molar-refractivity contribution in [1.29, 1.82) is 0 Å². The summed E-state index contributed by atoms with van der Waals surface area (Å²) < 4.78 is 3.90. The monoisotopic (exact) mass is 274 g/mol. The topological polar surface area (TPSA) is 46.0 Å². The zero-order chi connectivity index (χ0) is 11.7. The van der Waals surface area contributed by atoms with Gasteiger partial charge in [-0.2, -0.15) is 0 Å². The summed E-state index contributed by atoms with van der Waals surface area (Å²) in [6, 6.07) is 1.79. The van der Waals surface area contributed by atoms with Crippen molar-refractivity contribution >= 4 is 34.5 Å². The molecule has 0 saturated carbocycles. The number of aliphatic hydroxyl groups is 1. The molecule has 0 aliphatic heterocycles. The zero-order valence-electron chi connectivity index (χ0n) is 8.85. The molecule has 2 aromatic heterocycles. The molecule has 0 amide bonds. The second kappa shape index (κ2) is 4.79. The molecule has 3 nitrogen and oxygen atoms in total. The third kappa shape index (κ3) is 2.13. The highest BCUT2D eigenvalue weighted by Crippen LogP contribution is 2.36. The van der Waals surface area contributed by atoms with Crippen molar-refractivity contribution in [3.63, 3.8) is 0 Å². The van der Waals surface area contributed by atoms with Crippen molar-refractivity contribution in [2.45, 2.75) is 25.9 Å². The fourth-order valence-electron chi connectivity index (χ4n) is 1.41. The first-order valence-corrected chi connectivity index (χ1v) is 6.87. The average Bonchev–Trinajstić information content (AvgIpc) is 2.84. The van der Waals surface area contributed by atoms with Crippen LogP contribution in [-0.2, 0) is 0 Å². The SMILES string of the molecule is CC(C)c1nnsc1C(O)c1sccc1Cl. The van der Waals surface area contributed by atoms with E-state index >= 15 is 0 Å². The van der Waals surface area contributed by atoms with Crippen molar-refractivity contribution in [3.8, 4) is 0 Å². The van der Waals surface area contributed by atoms with Gasteiger partial charge in [-0.15, -0.1) is 16.4 Å². The Labute approximate surface area is 107 Å². The first kappa shape index (κ1) is 12.0. The molecule has 1 unspecified atom stereocenters. The minimum Gasteiger partial charge on any atom is -0.382 e. The molecular formula is C10H11ClN2OS2. The number of aliphatic hydroxyl groups excluding tert-OH is 1. The summed E-state index contributed by atoms with van der Waals surface area (Å²) in [4.78, 5) is 1.55. The van der Waals surface area contributed by atoms with Gasteiger partial charge in [0, 0.05) is 0 Å². The molecule has 2 rings (SSSR count). The maximum Gasteiger partial charge on any atom is 0.127 e. The van der Waals surface area contributed by atoms with Gasteiger partial charge in [0.1, 0.15) is 6.10 Å². The van der Waals surface area contributed by atoms with Gasteiger partial charge in [-0.05, 0) is 28.9 Å². The van der Waals surface area contributed by atoms with Crippen LogP contribution in [0.1, 0.15) is 41.3 Å². The van der Waals surface area contributed by atoms with Crippen LogP contribution in [0.2, 0.25) is 5.02 Å². The highest BCUT2D eigenvalue weighted by molar-refractivity contribution is 7.11. The Bertz CT molecular complexity index is 481. The van der Waals surface area contributed by atoms with Crippen LogP contribution in [0.3, 0.4) is 0 Å². The number of halogens is 1. The molecule has 1 N–H and O–H groups in total. The molecule has 2 heterocycles. The number of nitrogens with zero attached hydrogens (tertiary/aromatic N) is 2. The van der Waals surface area contributed by atoms with Crippen molar-refractivity contribution < 1.29 is 5.11 Å². The predicted octanol–water partition coefficient (Wildman–Crippen LogP) is 3.46. The molecule has 0 aromatic carbocycles. The van der Waals surface area contributed by atoms with E-state index in [4.69, 9.17) is 11.6 Å². The van der Waals surface area contributed by atoms with E-state index in [1.165, 1.54) is 22.9 Å². The van der Waals surface area contributed by atoms with Crippen LogP contribution in [-0.4, -0.2) is 14.7 Å². The average molecular weight is 275 g/mol. The minimum absolute atomic E-state index is 0.252. The molecule has 0 aliphatic rings. The summed E-state index contributed by atoms with van der Waals surface area (Å²) in [6.45, 7) is 4.06. The van der Waals surface area contributed by atoms with E-state index in [9.17, 15) is 5.11 Å². The van der Waals surface area contributed by atoms with Crippen LogP contribution in [0.5, 0.6) is 0 Å². The van der Waals surface area contributed by atoms with Gasteiger partial charge in [0.25, 0.3) is 0 Å². The van der Waals surface area contributed by atoms with E-state index in [0.29, 0.717) is 5.02 Å². The van der Waals surface area contributed by atoms with E-state index < -0.39 is 6.10 Å². The van der Waals surface area contributed by atoms with Gasteiger partial charge < -0.3 is 5.11 Å². The summed E-state index contributed by atoms with van der Waals surface area (Å²) >= 11 is 8.67. The van der Waals surface area contributed by atoms with Crippen LogP contribution in [0, 0.1) is 0 Å². The highest BCUT2D eigenvalue weighted by atomic mass is 35.5. The molecule has 0 fully saturated rings. The van der Waals surface area contributed by atoms with Gasteiger partial charge in [0.2, 0.25) is 0 Å². The van der Waals surface area contributed by atoms with Crippen LogP contribution >= 0.6 is 34.5 Å². The molecule has 0 bridgehead atoms. The van der Waals surface area contributed by atoms with Crippen LogP contribution in [0.4, 0.5) is 0 Å². The first-order chi connectivity index (χ1) is 7.61. The van der Waals surface area contributed by atoms with Crippen molar-refractivity contribution in [2.24, 2.45) is 0 Å². The van der Waals surface area contributed by atoms with E-state index in [1.54, 1.807) is 6.07 Å². The van der Waals surface area contributed by atoms with Crippen LogP contribution < -0.4 is 0 Å². The van der Waals surface area contributed by atoms with Crippen LogP contribution in [0.25, 0.3) is 0 Å². The molecule has 1 atom stereocenters. The van der Waals surface area contributed by atoms with Gasteiger partial charge in [-0.1, -0.05) is 29.9 Å². The van der Waals surface area contributed by atoms with Gasteiger partial charge in [0.05, 0.1) is 20.5 Å². The van der Waals surface area contributed by atoms with Crippen LogP contribution in [0.15, 0.2) is 11.4 Å². The third-order valence-corrected chi connectivity index (χ3v) is 4.43. The molecule has 0 aliphatic carbocycles. The summed E-state index contributed by atoms with van der Waals surface area (Å²) in [5, 5.41) is 16.7. The number of hydrogen-bond donors (Lipinski definition) is 1. The van der Waals surface area contributed by atoms with Crippen molar-refractivity contribution in [2.75, 3.05) is 0 Å². The molecule has 16 heavy (non-hydrogen) atoms. The van der Waals surface area contributed by atoms with Gasteiger partial charge in [0.15, 0.2) is 0 Å². The third-order valence-electron chi connectivity index (χ3n) is 2.23. The fraction of sp³-hybridized carbons (Fsp3) is 0.400. The molecule has 2 aromatic rings. The Hall–Kier alpha value is -0.490. The maximum absolute atomic E-state index is 10.2. The molecular weight excluding hydrogens is 264 g/mol. The number of thiophene rings is 1. The Morgan fingerprint density at radius 2 is 2.12 bits per heavy atom. The lowest BCUT2D eigenvalue weighted by atomic mass is 10.1. The Morgan fingerprint density at radius 3 is 2.69 bits per heavy atom. The number of aromatic nitrogens is 2. The first-order valence-electron chi connectivity index (χ1n) is 4.84. The minimum atomic E-state index is -0.704. The largest absolute Gasteiger partial charge is 0.382 e. The zero-order valence-corrected chi connectivity index (χ0v) is 11.2. The van der Waals surface area contributed by atoms with E-state index in [1.807, 2.05) is 19.2 Å². The summed E-state index contributed by atoms with van der Waals surface area (Å²) in [6.07, 6.45) is -0.704. The van der Waals surface area contributed by atoms with E-state index in [-0.39, 0.29) is 5.92 Å². The van der Waals surface area contributed by atoms with Gasteiger partial charge in [-0.25, -0.2) is 0 Å². The Kier molecular flexibility index (Phi) is 3.59. The lowest BCUT2D eigenvalue weighted by Crippen LogP contribution is -2.01. The lowest BCUT2D eigenvalue weighted by molar-refractivity contribution is 0.226. The second-order valence-corrected chi connectivity index (χ2v) is 5.85. The molecule has 0 saturated heterocycles. The molecule has 6 heteroatoms. The maximum atomic E-state index is 10.2. The number of hydrogen-bond acceptors (Lipinski definition) is 5. The van der Waals surface area contributed by atoms with Gasteiger partial charge in [-0.3, -0.25) is 0 Å². The number of rotatable bonds is 3. The van der Waals surface area contributed by atoms with E-state index in [0.717, 1.165) is 15.4 Å². The quantitative estimate of drug-likeness (QED) is 0.932. The molecule has 0 spiro atoms. The lowest BCUT2D eigenvalue weighted by Gasteiger charge is -2.09. The molecule has 86 valence electrons. The predicted molar refractivity (Wildman–Crippen MR) is 67.4 cm³/mol. The normalized spacial score (nSPS) is 13.3. The Morgan fingerprint density at radius 1 is 1.38 bits per heavy atom. The fourth-order valence-corrected chi connectivity index (χ4v) is 3.45. The second-order valence-electron chi connectivity index (χ2n) is 3.71. The highest BCUT2D eigenvalue weighted by Gasteiger charge is 2.23. The summed E-state index contributed by atoms with van der Waals surface area (Å²) in [5.41, 5.74) is 0.849. The Balaban J connectivity index is 2.38. The van der Waals surface area contributed by atoms with Gasteiger partial charge >= 0.3 is 0 Å². The van der Waals surface area contributed by atoms with E-state index in [2.05, 4.69) is 9.59 Å². The summed E-state index contributed by atoms with van der Waals surface area (Å²) in [5.74, 6) is 0.252.